The van der Waals surface area contributed by atoms with Crippen molar-refractivity contribution in [1.82, 2.24) is 10.6 Å². The zero-order chi connectivity index (χ0) is 26.4. The Bertz CT molecular complexity index is 1080. The van der Waals surface area contributed by atoms with Gasteiger partial charge in [-0.25, -0.2) is 9.59 Å². The summed E-state index contributed by atoms with van der Waals surface area (Å²) >= 11 is 0. The number of carboxylic acid groups (broad SMARTS) is 1. The van der Waals surface area contributed by atoms with Crippen LogP contribution in [0.2, 0.25) is 0 Å². The van der Waals surface area contributed by atoms with Crippen molar-refractivity contribution in [3.63, 3.8) is 0 Å². The number of rotatable bonds is 10. The van der Waals surface area contributed by atoms with E-state index in [1.807, 2.05) is 48.5 Å². The first-order valence-corrected chi connectivity index (χ1v) is 12.4. The number of hydrogen-bond donors (Lipinski definition) is 5. The number of carbonyl (C=O) groups excluding carboxylic acids is 2. The van der Waals surface area contributed by atoms with Crippen molar-refractivity contribution in [3.05, 3.63) is 59.7 Å². The van der Waals surface area contributed by atoms with Gasteiger partial charge in [-0.15, -0.1) is 0 Å². The van der Waals surface area contributed by atoms with Crippen LogP contribution in [-0.4, -0.2) is 71.5 Å². The van der Waals surface area contributed by atoms with Crippen molar-refractivity contribution in [2.75, 3.05) is 19.9 Å². The average molecular weight is 513 g/mol. The fourth-order valence-electron chi connectivity index (χ4n) is 5.08. The Kier molecular flexibility index (Phi) is 8.75. The molecule has 2 aliphatic carbocycles. The summed E-state index contributed by atoms with van der Waals surface area (Å²) in [6.45, 7) is -0.249. The van der Waals surface area contributed by atoms with E-state index in [9.17, 15) is 29.7 Å². The lowest BCUT2D eigenvalue weighted by Crippen LogP contribution is -2.44. The van der Waals surface area contributed by atoms with Gasteiger partial charge in [0.25, 0.3) is 0 Å². The summed E-state index contributed by atoms with van der Waals surface area (Å²) in [7, 11) is 0. The average Bonchev–Trinajstić information content (AvgIpc) is 3.21. The van der Waals surface area contributed by atoms with E-state index in [0.29, 0.717) is 19.3 Å². The van der Waals surface area contributed by atoms with E-state index in [1.165, 1.54) is 0 Å². The molecule has 2 aromatic carbocycles. The molecule has 2 aliphatic rings. The number of aliphatic hydroxyl groups excluding tert-OH is 2. The summed E-state index contributed by atoms with van der Waals surface area (Å²) in [6.07, 6.45) is -0.319. The number of ether oxygens (including phenoxy) is 2. The van der Waals surface area contributed by atoms with E-state index in [2.05, 4.69) is 10.6 Å². The number of fused-ring (bicyclic) bond motifs is 3. The Morgan fingerprint density at radius 2 is 1.62 bits per heavy atom. The van der Waals surface area contributed by atoms with Gasteiger partial charge in [-0.2, -0.15) is 0 Å². The van der Waals surface area contributed by atoms with Gasteiger partial charge >= 0.3 is 18.0 Å². The second-order valence-electron chi connectivity index (χ2n) is 9.45. The molecule has 198 valence electrons. The molecule has 1 saturated carbocycles. The molecule has 0 aliphatic heterocycles. The van der Waals surface area contributed by atoms with Crippen LogP contribution in [0.3, 0.4) is 0 Å². The first kappa shape index (κ1) is 26.6. The quantitative estimate of drug-likeness (QED) is 0.237. The summed E-state index contributed by atoms with van der Waals surface area (Å²) < 4.78 is 10.5. The molecule has 0 aromatic heterocycles. The maximum Gasteiger partial charge on any atom is 0.407 e. The Morgan fingerprint density at radius 1 is 0.973 bits per heavy atom. The van der Waals surface area contributed by atoms with Crippen molar-refractivity contribution >= 4 is 18.0 Å². The second-order valence-corrected chi connectivity index (χ2v) is 9.45. The van der Waals surface area contributed by atoms with Crippen molar-refractivity contribution < 1.29 is 39.2 Å². The van der Waals surface area contributed by atoms with Gasteiger partial charge in [0.1, 0.15) is 19.4 Å². The molecular formula is C27H32N2O8. The lowest BCUT2D eigenvalue weighted by atomic mass is 9.84. The normalized spacial score (nSPS) is 21.4. The SMILES string of the molecule is O=C(C[C@H](NC(=O)OCC1c2ccccc2-c2ccccc21)C(=O)O)OCN[C@H]1CC[C@H](O)[C@@H](CO)C1. The predicted octanol–water partition coefficient (Wildman–Crippen LogP) is 1.98. The highest BCUT2D eigenvalue weighted by Crippen LogP contribution is 2.44. The Hall–Kier alpha value is -3.47. The van der Waals surface area contributed by atoms with Crippen LogP contribution >= 0.6 is 0 Å². The standard InChI is InChI=1S/C27H32N2O8/c30-13-16-11-17(9-10-24(16)31)28-15-37-25(32)12-23(26(33)34)29-27(35)36-14-22-20-7-3-1-5-18(20)19-6-2-4-8-21(19)22/h1-8,16-17,22-24,28,30-31H,9-15H2,(H,29,35)(H,33,34)/t16-,17+,23+,24+/m1/s1. The maximum absolute atomic E-state index is 12.4. The summed E-state index contributed by atoms with van der Waals surface area (Å²) in [6, 6.07) is 14.2. The van der Waals surface area contributed by atoms with E-state index in [-0.39, 0.29) is 37.8 Å². The third kappa shape index (κ3) is 6.46. The van der Waals surface area contributed by atoms with E-state index in [1.54, 1.807) is 0 Å². The lowest BCUT2D eigenvalue weighted by molar-refractivity contribution is -0.150. The third-order valence-corrected chi connectivity index (χ3v) is 7.09. The van der Waals surface area contributed by atoms with E-state index >= 15 is 0 Å². The van der Waals surface area contributed by atoms with Crippen molar-refractivity contribution in [2.24, 2.45) is 5.92 Å². The number of carboxylic acids is 1. The Balaban J connectivity index is 1.24. The number of aliphatic carboxylic acids is 1. The summed E-state index contributed by atoms with van der Waals surface area (Å²) in [4.78, 5) is 36.3. The second kappa shape index (κ2) is 12.2. The molecule has 10 heteroatoms. The van der Waals surface area contributed by atoms with Gasteiger partial charge < -0.3 is 30.1 Å². The van der Waals surface area contributed by atoms with Crippen LogP contribution in [-0.2, 0) is 19.1 Å². The number of aliphatic hydroxyl groups is 2. The molecule has 1 fully saturated rings. The first-order chi connectivity index (χ1) is 17.9. The topological polar surface area (TPSA) is 154 Å². The molecule has 0 spiro atoms. The molecular weight excluding hydrogens is 480 g/mol. The molecule has 1 amide bonds. The van der Waals surface area contributed by atoms with Crippen LogP contribution < -0.4 is 10.6 Å². The molecule has 4 rings (SSSR count). The van der Waals surface area contributed by atoms with Gasteiger partial charge in [0, 0.05) is 24.5 Å². The summed E-state index contributed by atoms with van der Waals surface area (Å²) in [5.41, 5.74) is 4.20. The van der Waals surface area contributed by atoms with Gasteiger partial charge in [0.15, 0.2) is 0 Å². The Morgan fingerprint density at radius 3 is 2.24 bits per heavy atom. The minimum absolute atomic E-state index is 0.0193. The highest BCUT2D eigenvalue weighted by Gasteiger charge is 2.31. The lowest BCUT2D eigenvalue weighted by Gasteiger charge is -2.32. The van der Waals surface area contributed by atoms with Gasteiger partial charge in [-0.3, -0.25) is 10.1 Å². The number of hydrogen-bond acceptors (Lipinski definition) is 8. The minimum atomic E-state index is -1.51. The monoisotopic (exact) mass is 512 g/mol. The van der Waals surface area contributed by atoms with E-state index in [0.717, 1.165) is 22.3 Å². The molecule has 0 unspecified atom stereocenters. The predicted molar refractivity (Wildman–Crippen MR) is 133 cm³/mol. The van der Waals surface area contributed by atoms with Crippen molar-refractivity contribution in [3.8, 4) is 11.1 Å². The maximum atomic E-state index is 12.4. The van der Waals surface area contributed by atoms with Crippen LogP contribution in [0.5, 0.6) is 0 Å². The van der Waals surface area contributed by atoms with Crippen LogP contribution in [0.15, 0.2) is 48.5 Å². The van der Waals surface area contributed by atoms with Gasteiger partial charge in [0.05, 0.1) is 12.5 Å². The third-order valence-electron chi connectivity index (χ3n) is 7.09. The number of alkyl carbamates (subject to hydrolysis) is 1. The van der Waals surface area contributed by atoms with Gasteiger partial charge in [-0.05, 0) is 41.5 Å². The molecule has 0 bridgehead atoms. The number of nitrogens with one attached hydrogen (secondary N) is 2. The van der Waals surface area contributed by atoms with Crippen molar-refractivity contribution in [1.29, 1.82) is 0 Å². The Labute approximate surface area is 214 Å². The zero-order valence-electron chi connectivity index (χ0n) is 20.3. The number of esters is 1. The van der Waals surface area contributed by atoms with Crippen molar-refractivity contribution in [2.45, 2.75) is 49.8 Å². The molecule has 5 N–H and O–H groups in total. The van der Waals surface area contributed by atoms with Gasteiger partial charge in [-0.1, -0.05) is 48.5 Å². The summed E-state index contributed by atoms with van der Waals surface area (Å²) in [5.74, 6) is -2.59. The first-order valence-electron chi connectivity index (χ1n) is 12.4. The van der Waals surface area contributed by atoms with E-state index < -0.39 is 36.6 Å². The minimum Gasteiger partial charge on any atom is -0.480 e. The molecule has 0 radical (unpaired) electrons. The number of carbonyl (C=O) groups is 3. The van der Waals surface area contributed by atoms with Crippen LogP contribution in [0.25, 0.3) is 11.1 Å². The highest BCUT2D eigenvalue weighted by atomic mass is 16.6. The molecule has 0 heterocycles. The molecule has 0 saturated heterocycles. The highest BCUT2D eigenvalue weighted by molar-refractivity contribution is 5.85. The zero-order valence-corrected chi connectivity index (χ0v) is 20.3. The van der Waals surface area contributed by atoms with Crippen LogP contribution in [0, 0.1) is 5.92 Å². The van der Waals surface area contributed by atoms with E-state index in [4.69, 9.17) is 9.47 Å². The smallest absolute Gasteiger partial charge is 0.407 e. The fourth-order valence-corrected chi connectivity index (χ4v) is 5.08. The van der Waals surface area contributed by atoms with Crippen LogP contribution in [0.4, 0.5) is 4.79 Å². The van der Waals surface area contributed by atoms with Crippen LogP contribution in [0.1, 0.15) is 42.7 Å². The number of amides is 1. The number of benzene rings is 2. The molecule has 10 nitrogen and oxygen atoms in total. The summed E-state index contributed by atoms with van der Waals surface area (Å²) in [5, 5.41) is 33.9. The largest absolute Gasteiger partial charge is 0.480 e. The molecule has 2 aromatic rings. The fraction of sp³-hybridized carbons (Fsp3) is 0.444. The van der Waals surface area contributed by atoms with Gasteiger partial charge in [0.2, 0.25) is 0 Å². The molecule has 4 atom stereocenters. The molecule has 37 heavy (non-hydrogen) atoms.